The van der Waals surface area contributed by atoms with Gasteiger partial charge in [0.05, 0.1) is 5.56 Å². The molecule has 1 fully saturated rings. The lowest BCUT2D eigenvalue weighted by Crippen LogP contribution is -2.34. The van der Waals surface area contributed by atoms with E-state index in [-0.39, 0.29) is 12.5 Å². The molecule has 2 rings (SSSR count). The smallest absolute Gasteiger partial charge is 0.257 e. The molecule has 21 heavy (non-hydrogen) atoms. The highest BCUT2D eigenvalue weighted by atomic mass is 16.5. The maximum atomic E-state index is 11.8. The molecule has 0 bridgehead atoms. The number of amides is 1. The van der Waals surface area contributed by atoms with Crippen LogP contribution in [-0.2, 0) is 4.79 Å². The molecule has 5 heteroatoms. The Morgan fingerprint density at radius 3 is 3.05 bits per heavy atom. The lowest BCUT2D eigenvalue weighted by atomic mass is 10.1. The number of benzene rings is 1. The van der Waals surface area contributed by atoms with E-state index in [0.29, 0.717) is 23.8 Å². The van der Waals surface area contributed by atoms with Crippen LogP contribution in [0.2, 0.25) is 0 Å². The number of para-hydroxylation sites is 1. The van der Waals surface area contributed by atoms with Crippen molar-refractivity contribution in [2.75, 3.05) is 32.8 Å². The summed E-state index contributed by atoms with van der Waals surface area (Å²) in [5.74, 6) is 0.839. The minimum atomic E-state index is -0.141. The predicted molar refractivity (Wildman–Crippen MR) is 79.9 cm³/mol. The van der Waals surface area contributed by atoms with Crippen molar-refractivity contribution in [3.05, 3.63) is 29.8 Å². The van der Waals surface area contributed by atoms with E-state index in [0.717, 1.165) is 26.1 Å². The third-order valence-corrected chi connectivity index (χ3v) is 3.77. The Morgan fingerprint density at radius 1 is 1.52 bits per heavy atom. The van der Waals surface area contributed by atoms with Gasteiger partial charge < -0.3 is 15.0 Å². The molecule has 1 aliphatic heterocycles. The summed E-state index contributed by atoms with van der Waals surface area (Å²) in [5, 5.41) is 11.8. The third-order valence-electron chi connectivity index (χ3n) is 3.77. The average Bonchev–Trinajstić information content (AvgIpc) is 2.99. The molecular weight excluding hydrogens is 266 g/mol. The Kier molecular flexibility index (Phi) is 5.59. The van der Waals surface area contributed by atoms with Gasteiger partial charge in [-0.1, -0.05) is 19.1 Å². The van der Waals surface area contributed by atoms with Crippen LogP contribution in [0, 0.1) is 17.2 Å². The number of nitriles is 1. The lowest BCUT2D eigenvalue weighted by Gasteiger charge is -2.14. The third kappa shape index (κ3) is 4.47. The topological polar surface area (TPSA) is 65.4 Å². The second-order valence-electron chi connectivity index (χ2n) is 5.25. The molecule has 5 nitrogen and oxygen atoms in total. The molecular formula is C16H21N3O2. The van der Waals surface area contributed by atoms with E-state index in [1.165, 1.54) is 0 Å². The van der Waals surface area contributed by atoms with Crippen LogP contribution in [0.4, 0.5) is 0 Å². The molecule has 1 aromatic carbocycles. The zero-order valence-corrected chi connectivity index (χ0v) is 12.3. The molecule has 0 radical (unpaired) electrons. The van der Waals surface area contributed by atoms with Gasteiger partial charge in [0.1, 0.15) is 11.8 Å². The van der Waals surface area contributed by atoms with Gasteiger partial charge in [-0.15, -0.1) is 0 Å². The molecule has 1 unspecified atom stereocenters. The summed E-state index contributed by atoms with van der Waals surface area (Å²) in [7, 11) is 0. The Labute approximate surface area is 125 Å². The number of hydrogen-bond acceptors (Lipinski definition) is 4. The fourth-order valence-electron chi connectivity index (χ4n) is 2.50. The summed E-state index contributed by atoms with van der Waals surface area (Å²) in [6.45, 7) is 6.03. The number of nitrogens with zero attached hydrogens (tertiary/aromatic N) is 2. The van der Waals surface area contributed by atoms with Crippen LogP contribution in [0.3, 0.4) is 0 Å². The van der Waals surface area contributed by atoms with Gasteiger partial charge in [-0.25, -0.2) is 0 Å². The fourth-order valence-corrected chi connectivity index (χ4v) is 2.50. The molecule has 1 aliphatic rings. The molecule has 0 spiro atoms. The summed E-state index contributed by atoms with van der Waals surface area (Å²) in [5.41, 5.74) is 0.444. The predicted octanol–water partition coefficient (Wildman–Crippen LogP) is 1.40. The van der Waals surface area contributed by atoms with Crippen molar-refractivity contribution in [3.63, 3.8) is 0 Å². The molecule has 1 atom stereocenters. The first-order valence-corrected chi connectivity index (χ1v) is 7.34. The largest absolute Gasteiger partial charge is 0.482 e. The van der Waals surface area contributed by atoms with Crippen molar-refractivity contribution in [1.29, 1.82) is 5.26 Å². The summed E-state index contributed by atoms with van der Waals surface area (Å²) in [6, 6.07) is 8.97. The first-order chi connectivity index (χ1) is 10.2. The monoisotopic (exact) mass is 287 g/mol. The summed E-state index contributed by atoms with van der Waals surface area (Å²) < 4.78 is 5.40. The minimum absolute atomic E-state index is 0.0527. The highest BCUT2D eigenvalue weighted by molar-refractivity contribution is 5.77. The number of ether oxygens (including phenoxy) is 1. The van der Waals surface area contributed by atoms with E-state index < -0.39 is 0 Å². The van der Waals surface area contributed by atoms with Gasteiger partial charge in [-0.2, -0.15) is 5.26 Å². The SMILES string of the molecule is CCN1CCC(CNC(=O)COc2ccccc2C#N)C1. The van der Waals surface area contributed by atoms with E-state index >= 15 is 0 Å². The normalized spacial score (nSPS) is 18.2. The number of carbonyl (C=O) groups excluding carboxylic acids is 1. The average molecular weight is 287 g/mol. The molecule has 1 N–H and O–H groups in total. The highest BCUT2D eigenvalue weighted by Gasteiger charge is 2.21. The maximum Gasteiger partial charge on any atom is 0.257 e. The van der Waals surface area contributed by atoms with Gasteiger partial charge in [0, 0.05) is 13.1 Å². The van der Waals surface area contributed by atoms with Crippen molar-refractivity contribution < 1.29 is 9.53 Å². The first kappa shape index (κ1) is 15.3. The second-order valence-corrected chi connectivity index (χ2v) is 5.25. The Balaban J connectivity index is 1.72. The summed E-state index contributed by atoms with van der Waals surface area (Å²) in [6.07, 6.45) is 1.13. The van der Waals surface area contributed by atoms with Gasteiger partial charge in [0.25, 0.3) is 5.91 Å². The van der Waals surface area contributed by atoms with Crippen molar-refractivity contribution in [2.24, 2.45) is 5.92 Å². The molecule has 0 aliphatic carbocycles. The van der Waals surface area contributed by atoms with Crippen molar-refractivity contribution in [1.82, 2.24) is 10.2 Å². The van der Waals surface area contributed by atoms with Crippen molar-refractivity contribution in [3.8, 4) is 11.8 Å². The molecule has 112 valence electrons. The Bertz CT molecular complexity index is 524. The van der Waals surface area contributed by atoms with Crippen molar-refractivity contribution in [2.45, 2.75) is 13.3 Å². The fraction of sp³-hybridized carbons (Fsp3) is 0.500. The summed E-state index contributed by atoms with van der Waals surface area (Å²) >= 11 is 0. The van der Waals surface area contributed by atoms with Gasteiger partial charge in [-0.3, -0.25) is 4.79 Å². The van der Waals surface area contributed by atoms with E-state index in [1.54, 1.807) is 24.3 Å². The van der Waals surface area contributed by atoms with Crippen LogP contribution in [-0.4, -0.2) is 43.6 Å². The van der Waals surface area contributed by atoms with Gasteiger partial charge >= 0.3 is 0 Å². The van der Waals surface area contributed by atoms with Crippen LogP contribution < -0.4 is 10.1 Å². The zero-order chi connectivity index (χ0) is 15.1. The number of rotatable bonds is 6. The number of nitrogens with one attached hydrogen (secondary N) is 1. The molecule has 1 heterocycles. The van der Waals surface area contributed by atoms with Crippen molar-refractivity contribution >= 4 is 5.91 Å². The van der Waals surface area contributed by atoms with Gasteiger partial charge in [0.2, 0.25) is 0 Å². The van der Waals surface area contributed by atoms with Crippen LogP contribution in [0.15, 0.2) is 24.3 Å². The zero-order valence-electron chi connectivity index (χ0n) is 12.3. The summed E-state index contributed by atoms with van der Waals surface area (Å²) in [4.78, 5) is 14.2. The Morgan fingerprint density at radius 2 is 2.33 bits per heavy atom. The van der Waals surface area contributed by atoms with E-state index in [2.05, 4.69) is 17.1 Å². The van der Waals surface area contributed by atoms with E-state index in [1.807, 2.05) is 6.07 Å². The molecule has 1 amide bonds. The van der Waals surface area contributed by atoms with Gasteiger partial charge in [0.15, 0.2) is 6.61 Å². The van der Waals surface area contributed by atoms with E-state index in [9.17, 15) is 4.79 Å². The first-order valence-electron chi connectivity index (χ1n) is 7.34. The maximum absolute atomic E-state index is 11.8. The molecule has 0 aromatic heterocycles. The number of likely N-dealkylation sites (tertiary alicyclic amines) is 1. The lowest BCUT2D eigenvalue weighted by molar-refractivity contribution is -0.123. The van der Waals surface area contributed by atoms with E-state index in [4.69, 9.17) is 10.00 Å². The highest BCUT2D eigenvalue weighted by Crippen LogP contribution is 2.16. The quantitative estimate of drug-likeness (QED) is 0.859. The Hall–Kier alpha value is -2.06. The second kappa shape index (κ2) is 7.65. The van der Waals surface area contributed by atoms with Crippen LogP contribution in [0.1, 0.15) is 18.9 Å². The molecule has 1 saturated heterocycles. The number of hydrogen-bond donors (Lipinski definition) is 1. The van der Waals surface area contributed by atoms with Crippen LogP contribution >= 0.6 is 0 Å². The van der Waals surface area contributed by atoms with Gasteiger partial charge in [-0.05, 0) is 37.6 Å². The standard InChI is InChI=1S/C16H21N3O2/c1-2-19-8-7-13(11-19)10-18-16(20)12-21-15-6-4-3-5-14(15)9-17/h3-6,13H,2,7-8,10-12H2,1H3,(H,18,20). The minimum Gasteiger partial charge on any atom is -0.482 e. The molecule has 1 aromatic rings. The van der Waals surface area contributed by atoms with Crippen LogP contribution in [0.5, 0.6) is 5.75 Å². The number of carbonyl (C=O) groups is 1. The molecule has 0 saturated carbocycles. The van der Waals surface area contributed by atoms with Crippen LogP contribution in [0.25, 0.3) is 0 Å².